The summed E-state index contributed by atoms with van der Waals surface area (Å²) in [6.07, 6.45) is 2.93. The van der Waals surface area contributed by atoms with Crippen LogP contribution >= 0.6 is 23.3 Å². The van der Waals surface area contributed by atoms with Gasteiger partial charge in [-0.2, -0.15) is 8.75 Å². The molecule has 2 aromatic heterocycles. The van der Waals surface area contributed by atoms with Gasteiger partial charge in [-0.15, -0.1) is 10.2 Å². The van der Waals surface area contributed by atoms with Crippen LogP contribution in [-0.4, -0.2) is 40.9 Å². The average Bonchev–Trinajstić information content (AvgIpc) is 3.31. The monoisotopic (exact) mass is 390 g/mol. The summed E-state index contributed by atoms with van der Waals surface area (Å²) in [4.78, 5) is 14.5. The van der Waals surface area contributed by atoms with Crippen molar-refractivity contribution < 1.29 is 9.18 Å². The van der Waals surface area contributed by atoms with Crippen molar-refractivity contribution in [3.63, 3.8) is 0 Å². The minimum absolute atomic E-state index is 0.0450. The van der Waals surface area contributed by atoms with Crippen LogP contribution in [0, 0.1) is 5.82 Å². The highest BCUT2D eigenvalue weighted by atomic mass is 35.5. The predicted octanol–water partition coefficient (Wildman–Crippen LogP) is 2.89. The lowest BCUT2D eigenvalue weighted by Crippen LogP contribution is -2.39. The van der Waals surface area contributed by atoms with Crippen LogP contribution in [0.3, 0.4) is 0 Å². The highest BCUT2D eigenvalue weighted by molar-refractivity contribution is 6.99. The van der Waals surface area contributed by atoms with Crippen LogP contribution in [0.1, 0.15) is 21.7 Å². The molecule has 0 saturated carbocycles. The SMILES string of the molecule is C=Cc1c(C(=O)N2CCn3c(nnc3-c3cnsn3)C2)ccc(Cl)c1F. The maximum Gasteiger partial charge on any atom is 0.255 e. The van der Waals surface area contributed by atoms with Crippen molar-refractivity contribution >= 4 is 35.3 Å². The molecule has 10 heteroatoms. The van der Waals surface area contributed by atoms with Crippen LogP contribution in [0.2, 0.25) is 5.02 Å². The van der Waals surface area contributed by atoms with E-state index in [4.69, 9.17) is 11.6 Å². The number of rotatable bonds is 3. The molecule has 1 aliphatic heterocycles. The van der Waals surface area contributed by atoms with Crippen LogP contribution in [0.25, 0.3) is 17.6 Å². The third kappa shape index (κ3) is 2.69. The number of aromatic nitrogens is 5. The van der Waals surface area contributed by atoms with Gasteiger partial charge in [-0.25, -0.2) is 4.39 Å². The molecule has 3 aromatic rings. The van der Waals surface area contributed by atoms with Crippen LogP contribution in [0.15, 0.2) is 24.9 Å². The maximum absolute atomic E-state index is 14.2. The molecule has 0 N–H and O–H groups in total. The lowest BCUT2D eigenvalue weighted by molar-refractivity contribution is 0.0707. The molecule has 1 aromatic carbocycles. The number of hydrogen-bond acceptors (Lipinski definition) is 6. The van der Waals surface area contributed by atoms with Crippen LogP contribution < -0.4 is 0 Å². The second kappa shape index (κ2) is 6.58. The average molecular weight is 391 g/mol. The minimum Gasteiger partial charge on any atom is -0.329 e. The van der Waals surface area contributed by atoms with E-state index in [1.807, 2.05) is 4.57 Å². The Morgan fingerprint density at radius 2 is 2.19 bits per heavy atom. The van der Waals surface area contributed by atoms with Gasteiger partial charge in [-0.1, -0.05) is 24.3 Å². The van der Waals surface area contributed by atoms with Gasteiger partial charge in [0.05, 0.1) is 29.5 Å². The summed E-state index contributed by atoms with van der Waals surface area (Å²) >= 11 is 6.89. The first-order chi connectivity index (χ1) is 12.6. The van der Waals surface area contributed by atoms with Gasteiger partial charge in [0.1, 0.15) is 11.5 Å². The molecule has 4 rings (SSSR count). The first kappa shape index (κ1) is 16.8. The largest absolute Gasteiger partial charge is 0.329 e. The molecule has 0 spiro atoms. The van der Waals surface area contributed by atoms with Gasteiger partial charge in [0, 0.05) is 24.2 Å². The number of hydrogen-bond donors (Lipinski definition) is 0. The highest BCUT2D eigenvalue weighted by Gasteiger charge is 2.28. The molecule has 0 saturated heterocycles. The molecule has 132 valence electrons. The molecule has 26 heavy (non-hydrogen) atoms. The van der Waals surface area contributed by atoms with Crippen molar-refractivity contribution in [1.82, 2.24) is 28.4 Å². The summed E-state index contributed by atoms with van der Waals surface area (Å²) in [5.74, 6) is 0.319. The molecular weight excluding hydrogens is 379 g/mol. The molecule has 0 atom stereocenters. The second-order valence-corrected chi connectivity index (χ2v) is 6.60. The number of fused-ring (bicyclic) bond motifs is 1. The number of amides is 1. The molecular formula is C16H12ClFN6OS. The molecule has 1 amide bonds. The van der Waals surface area contributed by atoms with E-state index < -0.39 is 5.82 Å². The first-order valence-corrected chi connectivity index (χ1v) is 8.80. The van der Waals surface area contributed by atoms with Crippen LogP contribution in [0.4, 0.5) is 4.39 Å². The van der Waals surface area contributed by atoms with Crippen molar-refractivity contribution in [2.45, 2.75) is 13.1 Å². The molecule has 7 nitrogen and oxygen atoms in total. The van der Waals surface area contributed by atoms with Gasteiger partial charge < -0.3 is 9.47 Å². The van der Waals surface area contributed by atoms with E-state index in [-0.39, 0.29) is 28.6 Å². The summed E-state index contributed by atoms with van der Waals surface area (Å²) in [7, 11) is 0. The zero-order chi connectivity index (χ0) is 18.3. The van der Waals surface area contributed by atoms with Gasteiger partial charge in [-0.05, 0) is 12.1 Å². The van der Waals surface area contributed by atoms with Crippen LogP contribution in [0.5, 0.6) is 0 Å². The van der Waals surface area contributed by atoms with Gasteiger partial charge in [0.2, 0.25) is 0 Å². The molecule has 3 heterocycles. The molecule has 0 bridgehead atoms. The lowest BCUT2D eigenvalue weighted by Gasteiger charge is -2.28. The predicted molar refractivity (Wildman–Crippen MR) is 95.2 cm³/mol. The number of carbonyl (C=O) groups excluding carboxylic acids is 1. The standard InChI is InChI=1S/C16H12ClFN6OS/c1-2-9-10(3-4-11(17)14(9)18)16(25)23-5-6-24-13(8-23)20-21-15(24)12-7-19-26-22-12/h2-4,7H,1,5-6,8H2. The van der Waals surface area contributed by atoms with E-state index in [0.717, 1.165) is 11.7 Å². The van der Waals surface area contributed by atoms with E-state index in [1.165, 1.54) is 18.2 Å². The third-order valence-electron chi connectivity index (χ3n) is 4.20. The topological polar surface area (TPSA) is 76.8 Å². The Bertz CT molecular complexity index is 1000. The van der Waals surface area contributed by atoms with Gasteiger partial charge in [0.15, 0.2) is 11.6 Å². The highest BCUT2D eigenvalue weighted by Crippen LogP contribution is 2.26. The molecule has 0 aliphatic carbocycles. The fourth-order valence-corrected chi connectivity index (χ4v) is 3.48. The second-order valence-electron chi connectivity index (χ2n) is 5.64. The van der Waals surface area contributed by atoms with E-state index >= 15 is 0 Å². The van der Waals surface area contributed by atoms with E-state index in [2.05, 4.69) is 25.5 Å². The van der Waals surface area contributed by atoms with Crippen molar-refractivity contribution in [3.05, 3.63) is 52.7 Å². The summed E-state index contributed by atoms with van der Waals surface area (Å²) in [5.41, 5.74) is 0.977. The number of benzene rings is 1. The molecule has 1 aliphatic rings. The lowest BCUT2D eigenvalue weighted by atomic mass is 10.1. The zero-order valence-corrected chi connectivity index (χ0v) is 15.0. The normalized spacial score (nSPS) is 13.5. The van der Waals surface area contributed by atoms with Crippen molar-refractivity contribution in [2.24, 2.45) is 0 Å². The summed E-state index contributed by atoms with van der Waals surface area (Å²) in [6, 6.07) is 2.88. The summed E-state index contributed by atoms with van der Waals surface area (Å²) in [6.45, 7) is 4.80. The summed E-state index contributed by atoms with van der Waals surface area (Å²) < 4.78 is 24.2. The Morgan fingerprint density at radius 3 is 2.92 bits per heavy atom. The van der Waals surface area contributed by atoms with Crippen LogP contribution in [-0.2, 0) is 13.1 Å². The molecule has 0 fully saturated rings. The Balaban J connectivity index is 1.63. The van der Waals surface area contributed by atoms with Crippen molar-refractivity contribution in [3.8, 4) is 11.5 Å². The molecule has 0 unspecified atom stereocenters. The minimum atomic E-state index is -0.647. The van der Waals surface area contributed by atoms with E-state index in [1.54, 1.807) is 11.1 Å². The maximum atomic E-state index is 14.2. The first-order valence-electron chi connectivity index (χ1n) is 7.70. The summed E-state index contributed by atoms with van der Waals surface area (Å²) in [5, 5.41) is 8.26. The van der Waals surface area contributed by atoms with Gasteiger partial charge >= 0.3 is 0 Å². The van der Waals surface area contributed by atoms with Crippen molar-refractivity contribution in [2.75, 3.05) is 6.54 Å². The quantitative estimate of drug-likeness (QED) is 0.687. The van der Waals surface area contributed by atoms with Crippen molar-refractivity contribution in [1.29, 1.82) is 0 Å². The van der Waals surface area contributed by atoms with E-state index in [0.29, 0.717) is 30.4 Å². The fourth-order valence-electron chi connectivity index (χ4n) is 2.91. The smallest absolute Gasteiger partial charge is 0.255 e. The third-order valence-corrected chi connectivity index (χ3v) is 4.97. The van der Waals surface area contributed by atoms with Gasteiger partial charge in [0.25, 0.3) is 5.91 Å². The Kier molecular flexibility index (Phi) is 4.25. The van der Waals surface area contributed by atoms with E-state index in [9.17, 15) is 9.18 Å². The molecule has 0 radical (unpaired) electrons. The zero-order valence-electron chi connectivity index (χ0n) is 13.4. The Morgan fingerprint density at radius 1 is 1.35 bits per heavy atom. The Labute approximate surface area is 157 Å². The fraction of sp³-hybridized carbons (Fsp3) is 0.188. The van der Waals surface area contributed by atoms with Gasteiger partial charge in [-0.3, -0.25) is 4.79 Å². The number of carbonyl (C=O) groups is 1. The number of halogens is 2. The number of nitrogens with zero attached hydrogens (tertiary/aromatic N) is 6. The Hall–Kier alpha value is -2.65.